The average molecular weight is 254 g/mol. The highest BCUT2D eigenvalue weighted by atomic mass is 32.2. The van der Waals surface area contributed by atoms with Crippen LogP contribution in [0.2, 0.25) is 0 Å². The maximum Gasteiger partial charge on any atom is 0.235 e. The third-order valence-corrected chi connectivity index (χ3v) is 4.83. The van der Waals surface area contributed by atoms with Gasteiger partial charge in [0.25, 0.3) is 0 Å². The first kappa shape index (κ1) is 12.4. The molecule has 0 aliphatic carbocycles. The number of sulfonamides is 1. The Balaban J connectivity index is 2.38. The summed E-state index contributed by atoms with van der Waals surface area (Å²) in [5, 5.41) is 3.07. The van der Waals surface area contributed by atoms with Gasteiger partial charge in [-0.2, -0.15) is 0 Å². The van der Waals surface area contributed by atoms with Crippen molar-refractivity contribution in [1.29, 1.82) is 0 Å². The van der Waals surface area contributed by atoms with E-state index >= 15 is 0 Å². The Labute approximate surface area is 103 Å². The lowest BCUT2D eigenvalue weighted by Crippen LogP contribution is -2.38. The molecule has 1 fully saturated rings. The van der Waals surface area contributed by atoms with E-state index in [0.717, 1.165) is 24.1 Å². The number of para-hydroxylation sites is 1. The van der Waals surface area contributed by atoms with Crippen molar-refractivity contribution in [3.63, 3.8) is 0 Å². The van der Waals surface area contributed by atoms with E-state index in [4.69, 9.17) is 0 Å². The van der Waals surface area contributed by atoms with Gasteiger partial charge >= 0.3 is 0 Å². The third-order valence-electron chi connectivity index (χ3n) is 2.98. The quantitative estimate of drug-likeness (QED) is 0.885. The minimum atomic E-state index is -3.11. The fourth-order valence-electron chi connectivity index (χ4n) is 2.15. The van der Waals surface area contributed by atoms with Gasteiger partial charge in [0.1, 0.15) is 0 Å². The van der Waals surface area contributed by atoms with Gasteiger partial charge in [0.05, 0.1) is 11.4 Å². The minimum Gasteiger partial charge on any atom is -0.316 e. The molecule has 1 aromatic rings. The molecule has 0 radical (unpaired) electrons. The number of nitrogens with one attached hydrogen (secondary N) is 1. The van der Waals surface area contributed by atoms with E-state index in [1.54, 1.807) is 4.31 Å². The molecule has 94 valence electrons. The van der Waals surface area contributed by atoms with Crippen molar-refractivity contribution in [3.05, 3.63) is 29.8 Å². The molecule has 0 spiro atoms. The molecular weight excluding hydrogens is 236 g/mol. The van der Waals surface area contributed by atoms with Gasteiger partial charge in [-0.05, 0) is 31.5 Å². The third kappa shape index (κ3) is 2.61. The van der Waals surface area contributed by atoms with Crippen molar-refractivity contribution in [3.8, 4) is 0 Å². The van der Waals surface area contributed by atoms with E-state index < -0.39 is 10.0 Å². The van der Waals surface area contributed by atoms with Crippen LogP contribution in [0.4, 0.5) is 5.69 Å². The van der Waals surface area contributed by atoms with Gasteiger partial charge in [-0.3, -0.25) is 4.31 Å². The first-order chi connectivity index (χ1) is 8.15. The van der Waals surface area contributed by atoms with Crippen LogP contribution >= 0.6 is 0 Å². The lowest BCUT2D eigenvalue weighted by Gasteiger charge is -2.30. The summed E-state index contributed by atoms with van der Waals surface area (Å²) in [7, 11) is -1.25. The first-order valence-corrected chi connectivity index (χ1v) is 7.49. The van der Waals surface area contributed by atoms with Gasteiger partial charge in [0.2, 0.25) is 10.0 Å². The first-order valence-electron chi connectivity index (χ1n) is 5.88. The normalized spacial score (nSPS) is 19.2. The topological polar surface area (TPSA) is 49.4 Å². The molecule has 1 N–H and O–H groups in total. The van der Waals surface area contributed by atoms with Crippen LogP contribution in [-0.4, -0.2) is 27.8 Å². The molecule has 0 bridgehead atoms. The molecule has 1 heterocycles. The fourth-order valence-corrected chi connectivity index (χ4v) is 3.83. The van der Waals surface area contributed by atoms with Crippen LogP contribution in [0.1, 0.15) is 18.4 Å². The summed E-state index contributed by atoms with van der Waals surface area (Å²) in [6.45, 7) is 1.28. The zero-order chi connectivity index (χ0) is 12.3. The largest absolute Gasteiger partial charge is 0.316 e. The maximum atomic E-state index is 12.0. The second kappa shape index (κ2) is 5.06. The van der Waals surface area contributed by atoms with Gasteiger partial charge in [0, 0.05) is 13.1 Å². The highest BCUT2D eigenvalue weighted by Gasteiger charge is 2.27. The van der Waals surface area contributed by atoms with E-state index in [1.807, 2.05) is 31.3 Å². The predicted octanol–water partition coefficient (Wildman–Crippen LogP) is 1.34. The highest BCUT2D eigenvalue weighted by molar-refractivity contribution is 7.92. The molecule has 1 aliphatic rings. The molecule has 4 nitrogen and oxygen atoms in total. The van der Waals surface area contributed by atoms with Crippen LogP contribution < -0.4 is 9.62 Å². The van der Waals surface area contributed by atoms with Crippen molar-refractivity contribution < 1.29 is 8.42 Å². The Morgan fingerprint density at radius 1 is 1.29 bits per heavy atom. The Hall–Kier alpha value is -1.07. The lowest BCUT2D eigenvalue weighted by molar-refractivity contribution is 0.574. The molecular formula is C12H18N2O2S. The van der Waals surface area contributed by atoms with Gasteiger partial charge in [-0.1, -0.05) is 18.2 Å². The molecule has 0 aromatic heterocycles. The lowest BCUT2D eigenvalue weighted by atomic mass is 10.1. The summed E-state index contributed by atoms with van der Waals surface area (Å²) in [6, 6.07) is 7.68. The molecule has 1 aromatic carbocycles. The van der Waals surface area contributed by atoms with Gasteiger partial charge in [0.15, 0.2) is 0 Å². The van der Waals surface area contributed by atoms with Gasteiger partial charge in [-0.25, -0.2) is 8.42 Å². The van der Waals surface area contributed by atoms with Crippen LogP contribution in [0.5, 0.6) is 0 Å². The minimum absolute atomic E-state index is 0.265. The average Bonchev–Trinajstić information content (AvgIpc) is 2.30. The monoisotopic (exact) mass is 254 g/mol. The summed E-state index contributed by atoms with van der Waals surface area (Å²) in [5.41, 5.74) is 1.85. The summed E-state index contributed by atoms with van der Waals surface area (Å²) in [6.07, 6.45) is 1.71. The standard InChI is InChI=1S/C12H18N2O2S/c1-13-10-11-6-2-3-7-12(11)14-8-4-5-9-17(14,15)16/h2-3,6-7,13H,4-5,8-10H2,1H3. The molecule has 0 saturated carbocycles. The molecule has 0 amide bonds. The second-order valence-electron chi connectivity index (χ2n) is 4.25. The van der Waals surface area contributed by atoms with E-state index in [1.165, 1.54) is 0 Å². The second-order valence-corrected chi connectivity index (χ2v) is 6.27. The van der Waals surface area contributed by atoms with Crippen LogP contribution in [-0.2, 0) is 16.6 Å². The van der Waals surface area contributed by atoms with Crippen molar-refractivity contribution >= 4 is 15.7 Å². The Morgan fingerprint density at radius 2 is 2.06 bits per heavy atom. The zero-order valence-electron chi connectivity index (χ0n) is 10.0. The van der Waals surface area contributed by atoms with E-state index in [2.05, 4.69) is 5.32 Å². The molecule has 17 heavy (non-hydrogen) atoms. The van der Waals surface area contributed by atoms with Crippen LogP contribution in [0.25, 0.3) is 0 Å². The Bertz CT molecular complexity index is 485. The maximum absolute atomic E-state index is 12.0. The molecule has 1 saturated heterocycles. The number of nitrogens with zero attached hydrogens (tertiary/aromatic N) is 1. The number of anilines is 1. The van der Waals surface area contributed by atoms with Crippen LogP contribution in [0, 0.1) is 0 Å². The SMILES string of the molecule is CNCc1ccccc1N1CCCCS1(=O)=O. The van der Waals surface area contributed by atoms with Crippen LogP contribution in [0.3, 0.4) is 0 Å². The van der Waals surface area contributed by atoms with Crippen molar-refractivity contribution in [2.75, 3.05) is 23.7 Å². The molecule has 0 atom stereocenters. The molecule has 0 unspecified atom stereocenters. The fraction of sp³-hybridized carbons (Fsp3) is 0.500. The molecule has 2 rings (SSSR count). The van der Waals surface area contributed by atoms with Crippen molar-refractivity contribution in [2.24, 2.45) is 0 Å². The number of benzene rings is 1. The van der Waals surface area contributed by atoms with Gasteiger partial charge < -0.3 is 5.32 Å². The van der Waals surface area contributed by atoms with E-state index in [-0.39, 0.29) is 5.75 Å². The summed E-state index contributed by atoms with van der Waals surface area (Å²) < 4.78 is 25.6. The summed E-state index contributed by atoms with van der Waals surface area (Å²) >= 11 is 0. The summed E-state index contributed by atoms with van der Waals surface area (Å²) in [5.74, 6) is 0.265. The van der Waals surface area contributed by atoms with E-state index in [9.17, 15) is 8.42 Å². The number of hydrogen-bond acceptors (Lipinski definition) is 3. The van der Waals surface area contributed by atoms with E-state index in [0.29, 0.717) is 13.1 Å². The summed E-state index contributed by atoms with van der Waals surface area (Å²) in [4.78, 5) is 0. The Kier molecular flexibility index (Phi) is 3.69. The molecule has 1 aliphatic heterocycles. The smallest absolute Gasteiger partial charge is 0.235 e. The predicted molar refractivity (Wildman–Crippen MR) is 69.6 cm³/mol. The number of hydrogen-bond donors (Lipinski definition) is 1. The molecule has 5 heteroatoms. The Morgan fingerprint density at radius 3 is 2.76 bits per heavy atom. The van der Waals surface area contributed by atoms with Crippen LogP contribution in [0.15, 0.2) is 24.3 Å². The van der Waals surface area contributed by atoms with Crippen molar-refractivity contribution in [2.45, 2.75) is 19.4 Å². The van der Waals surface area contributed by atoms with Gasteiger partial charge in [-0.15, -0.1) is 0 Å². The zero-order valence-corrected chi connectivity index (χ0v) is 10.8. The highest BCUT2D eigenvalue weighted by Crippen LogP contribution is 2.26. The van der Waals surface area contributed by atoms with Crippen molar-refractivity contribution in [1.82, 2.24) is 5.32 Å². The number of rotatable bonds is 3.